The first-order valence-electron chi connectivity index (χ1n) is 6.59. The molecule has 2 aromatic carbocycles. The van der Waals surface area contributed by atoms with E-state index < -0.39 is 0 Å². The molecule has 0 heterocycles. The van der Waals surface area contributed by atoms with E-state index in [4.69, 9.17) is 0 Å². The van der Waals surface area contributed by atoms with Crippen molar-refractivity contribution in [2.75, 3.05) is 0 Å². The summed E-state index contributed by atoms with van der Waals surface area (Å²) in [4.78, 5) is 0. The lowest BCUT2D eigenvalue weighted by Crippen LogP contribution is -1.92. The van der Waals surface area contributed by atoms with Crippen molar-refractivity contribution in [3.63, 3.8) is 0 Å². The van der Waals surface area contributed by atoms with Crippen LogP contribution < -0.4 is 0 Å². The Hall–Kier alpha value is -1.56. The molecule has 0 amide bonds. The number of rotatable bonds is 3. The molecule has 0 aromatic heterocycles. The van der Waals surface area contributed by atoms with Gasteiger partial charge in [-0.25, -0.2) is 0 Å². The third-order valence-electron chi connectivity index (χ3n) is 3.75. The summed E-state index contributed by atoms with van der Waals surface area (Å²) in [5.41, 5.74) is 7.53. The Balaban J connectivity index is 2.05. The van der Waals surface area contributed by atoms with Crippen LogP contribution in [0.3, 0.4) is 0 Å². The van der Waals surface area contributed by atoms with E-state index in [9.17, 15) is 0 Å². The molecule has 0 heteroatoms. The number of hydrogen-bond donors (Lipinski definition) is 0. The fourth-order valence-electron chi connectivity index (χ4n) is 2.82. The van der Waals surface area contributed by atoms with Crippen molar-refractivity contribution < 1.29 is 0 Å². The molecule has 0 bridgehead atoms. The molecule has 0 saturated carbocycles. The summed E-state index contributed by atoms with van der Waals surface area (Å²) in [7, 11) is 0. The predicted octanol–water partition coefficient (Wildman–Crippen LogP) is 4.60. The molecule has 0 nitrogen and oxygen atoms in total. The quantitative estimate of drug-likeness (QED) is 0.607. The highest BCUT2D eigenvalue weighted by molar-refractivity contribution is 5.77. The molecule has 2 aromatic rings. The highest BCUT2D eigenvalue weighted by Gasteiger charge is 2.19. The maximum absolute atomic E-state index is 2.31. The predicted molar refractivity (Wildman–Crippen MR) is 73.3 cm³/mol. The second-order valence-electron chi connectivity index (χ2n) is 4.88. The van der Waals surface area contributed by atoms with E-state index in [2.05, 4.69) is 49.4 Å². The molecule has 0 N–H and O–H groups in total. The smallest absolute Gasteiger partial charge is 0.00107 e. The minimum atomic E-state index is 1.13. The van der Waals surface area contributed by atoms with Gasteiger partial charge in [0.15, 0.2) is 0 Å². The van der Waals surface area contributed by atoms with Crippen molar-refractivity contribution in [1.82, 2.24) is 0 Å². The van der Waals surface area contributed by atoms with Gasteiger partial charge in [0.1, 0.15) is 0 Å². The summed E-state index contributed by atoms with van der Waals surface area (Å²) in [6.45, 7) is 2.26. The third-order valence-corrected chi connectivity index (χ3v) is 3.75. The zero-order valence-electron chi connectivity index (χ0n) is 10.4. The van der Waals surface area contributed by atoms with Crippen molar-refractivity contribution in [3.05, 3.63) is 59.2 Å². The van der Waals surface area contributed by atoms with E-state index in [0.29, 0.717) is 0 Å². The lowest BCUT2D eigenvalue weighted by molar-refractivity contribution is 0.790. The molecular formula is C17H18. The van der Waals surface area contributed by atoms with Crippen molar-refractivity contribution >= 4 is 0 Å². The Morgan fingerprint density at radius 2 is 1.76 bits per heavy atom. The molecule has 0 radical (unpaired) electrons. The van der Waals surface area contributed by atoms with E-state index in [1.807, 2.05) is 0 Å². The minimum Gasteiger partial charge on any atom is -0.0654 e. The van der Waals surface area contributed by atoms with Gasteiger partial charge in [0, 0.05) is 0 Å². The van der Waals surface area contributed by atoms with E-state index in [-0.39, 0.29) is 0 Å². The normalized spacial score (nSPS) is 12.3. The maximum atomic E-state index is 2.31. The van der Waals surface area contributed by atoms with Crippen molar-refractivity contribution in [3.8, 4) is 11.1 Å². The molecule has 86 valence electrons. The van der Waals surface area contributed by atoms with Crippen LogP contribution in [0.25, 0.3) is 11.1 Å². The van der Waals surface area contributed by atoms with Crippen LogP contribution in [0.2, 0.25) is 0 Å². The van der Waals surface area contributed by atoms with Crippen molar-refractivity contribution in [2.45, 2.75) is 32.6 Å². The fourth-order valence-corrected chi connectivity index (χ4v) is 2.82. The monoisotopic (exact) mass is 222 g/mol. The topological polar surface area (TPSA) is 0 Å². The van der Waals surface area contributed by atoms with Crippen LogP contribution in [0.5, 0.6) is 0 Å². The van der Waals surface area contributed by atoms with Crippen LogP contribution in [0.1, 0.15) is 36.5 Å². The molecule has 0 saturated heterocycles. The Morgan fingerprint density at radius 3 is 2.65 bits per heavy atom. The van der Waals surface area contributed by atoms with Gasteiger partial charge in [-0.2, -0.15) is 0 Å². The minimum absolute atomic E-state index is 1.13. The number of unbranched alkanes of at least 4 members (excludes halogenated alkanes) is 1. The van der Waals surface area contributed by atoms with Crippen LogP contribution in [0.4, 0.5) is 0 Å². The van der Waals surface area contributed by atoms with Gasteiger partial charge in [-0.1, -0.05) is 55.8 Å². The van der Waals surface area contributed by atoms with Crippen LogP contribution in [-0.4, -0.2) is 0 Å². The highest BCUT2D eigenvalue weighted by Crippen LogP contribution is 2.38. The van der Waals surface area contributed by atoms with Crippen LogP contribution in [0.15, 0.2) is 42.5 Å². The average Bonchev–Trinajstić information content (AvgIpc) is 2.75. The number of hydrogen-bond acceptors (Lipinski definition) is 0. The summed E-state index contributed by atoms with van der Waals surface area (Å²) in [5, 5.41) is 0. The van der Waals surface area contributed by atoms with Gasteiger partial charge in [-0.05, 0) is 47.1 Å². The summed E-state index contributed by atoms with van der Waals surface area (Å²) >= 11 is 0. The molecular weight excluding hydrogens is 204 g/mol. The summed E-state index contributed by atoms with van der Waals surface area (Å²) in [6, 6.07) is 15.6. The van der Waals surface area contributed by atoms with Gasteiger partial charge in [-0.15, -0.1) is 0 Å². The van der Waals surface area contributed by atoms with Gasteiger partial charge in [0.2, 0.25) is 0 Å². The van der Waals surface area contributed by atoms with Gasteiger partial charge in [0.05, 0.1) is 0 Å². The van der Waals surface area contributed by atoms with Crippen LogP contribution in [-0.2, 0) is 12.8 Å². The first-order chi connectivity index (χ1) is 8.40. The van der Waals surface area contributed by atoms with Gasteiger partial charge >= 0.3 is 0 Å². The van der Waals surface area contributed by atoms with E-state index >= 15 is 0 Å². The molecule has 0 spiro atoms. The first kappa shape index (κ1) is 10.6. The van der Waals surface area contributed by atoms with Crippen LogP contribution in [0, 0.1) is 0 Å². The Labute approximate surface area is 103 Å². The number of aryl methyl sites for hydroxylation is 1. The Morgan fingerprint density at radius 1 is 0.941 bits per heavy atom. The second kappa shape index (κ2) is 4.37. The Bertz CT molecular complexity index is 537. The zero-order valence-corrected chi connectivity index (χ0v) is 10.4. The van der Waals surface area contributed by atoms with Gasteiger partial charge < -0.3 is 0 Å². The molecule has 0 unspecified atom stereocenters. The molecule has 1 aliphatic rings. The molecule has 0 atom stereocenters. The van der Waals surface area contributed by atoms with Gasteiger partial charge in [0.25, 0.3) is 0 Å². The van der Waals surface area contributed by atoms with Gasteiger partial charge in [-0.3, -0.25) is 0 Å². The lowest BCUT2D eigenvalue weighted by Gasteiger charge is -2.07. The average molecular weight is 222 g/mol. The van der Waals surface area contributed by atoms with E-state index in [1.54, 1.807) is 11.1 Å². The number of benzene rings is 2. The zero-order chi connectivity index (χ0) is 11.7. The standard InChI is InChI=1S/C17H18/c1-2-3-7-13-9-6-11-16-15-10-5-4-8-14(15)12-17(13)16/h4-6,8-11H,2-3,7,12H2,1H3. The SMILES string of the molecule is CCCCc1cccc2c1Cc1ccccc1-2. The first-order valence-corrected chi connectivity index (χ1v) is 6.59. The van der Waals surface area contributed by atoms with E-state index in [0.717, 1.165) is 6.42 Å². The molecule has 0 aliphatic heterocycles. The molecule has 17 heavy (non-hydrogen) atoms. The molecule has 3 rings (SSSR count). The lowest BCUT2D eigenvalue weighted by atomic mass is 9.98. The van der Waals surface area contributed by atoms with E-state index in [1.165, 1.54) is 36.0 Å². The molecule has 1 aliphatic carbocycles. The number of fused-ring (bicyclic) bond motifs is 3. The highest BCUT2D eigenvalue weighted by atomic mass is 14.2. The fraction of sp³-hybridized carbons (Fsp3) is 0.294. The van der Waals surface area contributed by atoms with Crippen molar-refractivity contribution in [1.29, 1.82) is 0 Å². The Kier molecular flexibility index (Phi) is 2.72. The largest absolute Gasteiger partial charge is 0.0654 e. The summed E-state index contributed by atoms with van der Waals surface area (Å²) in [5.74, 6) is 0. The summed E-state index contributed by atoms with van der Waals surface area (Å²) < 4.78 is 0. The second-order valence-corrected chi connectivity index (χ2v) is 4.88. The maximum Gasteiger partial charge on any atom is -0.00107 e. The van der Waals surface area contributed by atoms with Crippen LogP contribution >= 0.6 is 0 Å². The van der Waals surface area contributed by atoms with Crippen molar-refractivity contribution in [2.24, 2.45) is 0 Å². The third kappa shape index (κ3) is 1.78. The molecule has 0 fully saturated rings. The summed E-state index contributed by atoms with van der Waals surface area (Å²) in [6.07, 6.45) is 4.93.